The van der Waals surface area contributed by atoms with Gasteiger partial charge in [0.15, 0.2) is 0 Å². The Hall–Kier alpha value is -1.98. The van der Waals surface area contributed by atoms with Gasteiger partial charge in [-0.25, -0.2) is 8.78 Å². The highest BCUT2D eigenvalue weighted by Gasteiger charge is 2.38. The largest absolute Gasteiger partial charge is 0.355 e. The molecule has 4 nitrogen and oxygen atoms in total. The Morgan fingerprint density at radius 1 is 1.30 bits per heavy atom. The van der Waals surface area contributed by atoms with Gasteiger partial charge in [0.05, 0.1) is 6.54 Å². The first-order valence-electron chi connectivity index (χ1n) is 7.92. The van der Waals surface area contributed by atoms with E-state index in [0.29, 0.717) is 12.5 Å². The molecule has 1 fully saturated rings. The van der Waals surface area contributed by atoms with Gasteiger partial charge in [0.1, 0.15) is 11.6 Å². The Bertz CT molecular complexity index is 572. The second-order valence-electron chi connectivity index (χ2n) is 5.97. The number of hydrogen-bond donors (Lipinski definition) is 1. The van der Waals surface area contributed by atoms with Crippen molar-refractivity contribution in [2.24, 2.45) is 11.8 Å². The summed E-state index contributed by atoms with van der Waals surface area (Å²) in [6.07, 6.45) is 1.02. The topological polar surface area (TPSA) is 49.4 Å². The van der Waals surface area contributed by atoms with E-state index in [2.05, 4.69) is 5.32 Å². The normalized spacial score (nSPS) is 19.3. The second-order valence-corrected chi connectivity index (χ2v) is 5.97. The summed E-state index contributed by atoms with van der Waals surface area (Å²) in [5.41, 5.74) is -0.112. The smallest absolute Gasteiger partial charge is 0.224 e. The minimum Gasteiger partial charge on any atom is -0.355 e. The van der Waals surface area contributed by atoms with Crippen LogP contribution >= 0.6 is 0 Å². The first kappa shape index (κ1) is 17.4. The molecule has 0 saturated heterocycles. The van der Waals surface area contributed by atoms with Gasteiger partial charge in [-0.3, -0.25) is 9.59 Å². The fraction of sp³-hybridized carbons (Fsp3) is 0.529. The van der Waals surface area contributed by atoms with Crippen molar-refractivity contribution in [3.8, 4) is 0 Å². The van der Waals surface area contributed by atoms with E-state index in [1.807, 2.05) is 6.92 Å². The minimum absolute atomic E-state index is 0.0199. The Kier molecular flexibility index (Phi) is 5.69. The van der Waals surface area contributed by atoms with Gasteiger partial charge in [-0.1, -0.05) is 13.0 Å². The third-order valence-electron chi connectivity index (χ3n) is 4.23. The van der Waals surface area contributed by atoms with Crippen LogP contribution in [0.2, 0.25) is 0 Å². The van der Waals surface area contributed by atoms with Crippen molar-refractivity contribution < 1.29 is 18.4 Å². The summed E-state index contributed by atoms with van der Waals surface area (Å²) in [7, 11) is 0. The molecule has 1 saturated carbocycles. The van der Waals surface area contributed by atoms with Crippen molar-refractivity contribution in [1.29, 1.82) is 0 Å². The molecule has 0 heterocycles. The van der Waals surface area contributed by atoms with Crippen molar-refractivity contribution in [2.75, 3.05) is 13.1 Å². The molecule has 126 valence electrons. The summed E-state index contributed by atoms with van der Waals surface area (Å²) >= 11 is 0. The van der Waals surface area contributed by atoms with Crippen LogP contribution in [0.3, 0.4) is 0 Å². The van der Waals surface area contributed by atoms with Crippen LogP contribution in [0.25, 0.3) is 0 Å². The predicted octanol–water partition coefficient (Wildman–Crippen LogP) is 2.48. The molecular weight excluding hydrogens is 302 g/mol. The van der Waals surface area contributed by atoms with Gasteiger partial charge in [-0.15, -0.1) is 0 Å². The molecule has 0 radical (unpaired) electrons. The molecule has 1 aromatic carbocycles. The van der Waals surface area contributed by atoms with Gasteiger partial charge in [0, 0.05) is 31.0 Å². The number of halogens is 2. The van der Waals surface area contributed by atoms with Crippen LogP contribution in [-0.4, -0.2) is 29.8 Å². The molecule has 1 N–H and O–H groups in total. The number of nitrogens with zero attached hydrogens (tertiary/aromatic N) is 1. The number of nitrogens with one attached hydrogen (secondary N) is 1. The van der Waals surface area contributed by atoms with Crippen LogP contribution in [-0.2, 0) is 16.1 Å². The zero-order valence-corrected chi connectivity index (χ0v) is 13.4. The molecule has 1 aromatic rings. The number of amides is 2. The van der Waals surface area contributed by atoms with Crippen molar-refractivity contribution in [1.82, 2.24) is 10.2 Å². The van der Waals surface area contributed by atoms with Gasteiger partial charge in [0.25, 0.3) is 0 Å². The molecule has 2 rings (SSSR count). The third-order valence-corrected chi connectivity index (χ3v) is 4.23. The van der Waals surface area contributed by atoms with Gasteiger partial charge in [-0.2, -0.15) is 0 Å². The molecule has 0 bridgehead atoms. The average molecular weight is 324 g/mol. The van der Waals surface area contributed by atoms with Crippen molar-refractivity contribution in [3.05, 3.63) is 35.4 Å². The van der Waals surface area contributed by atoms with Crippen LogP contribution in [0.4, 0.5) is 8.78 Å². The van der Waals surface area contributed by atoms with E-state index in [9.17, 15) is 18.4 Å². The summed E-state index contributed by atoms with van der Waals surface area (Å²) in [6, 6.07) is 3.64. The molecule has 2 amide bonds. The van der Waals surface area contributed by atoms with E-state index in [4.69, 9.17) is 0 Å². The molecule has 6 heteroatoms. The fourth-order valence-electron chi connectivity index (χ4n) is 2.52. The Labute approximate surface area is 134 Å². The van der Waals surface area contributed by atoms with E-state index in [0.717, 1.165) is 6.42 Å². The Morgan fingerprint density at radius 3 is 2.43 bits per heavy atom. The van der Waals surface area contributed by atoms with Gasteiger partial charge in [-0.05, 0) is 31.4 Å². The maximum atomic E-state index is 13.7. The number of carbonyl (C=O) groups excluding carboxylic acids is 2. The van der Waals surface area contributed by atoms with E-state index in [1.54, 1.807) is 6.92 Å². The van der Waals surface area contributed by atoms with Crippen LogP contribution in [0, 0.1) is 23.5 Å². The van der Waals surface area contributed by atoms with Gasteiger partial charge in [0.2, 0.25) is 11.8 Å². The fourth-order valence-corrected chi connectivity index (χ4v) is 2.52. The number of carbonyl (C=O) groups is 2. The molecule has 1 aliphatic carbocycles. The van der Waals surface area contributed by atoms with Crippen LogP contribution in [0.15, 0.2) is 18.2 Å². The maximum absolute atomic E-state index is 13.7. The molecule has 2 atom stereocenters. The SMILES string of the molecule is CCN(Cc1c(F)cccc1F)C(=O)CCNC(=O)[C@H]1C[C@H]1C. The standard InChI is InChI=1S/C17H22F2N2O2/c1-3-21(10-13-14(18)5-4-6-15(13)19)16(22)7-8-20-17(23)12-9-11(12)2/h4-6,11-12H,3,7-10H2,1-2H3,(H,20,23)/t11-,12+/m1/s1. The van der Waals surface area contributed by atoms with Crippen molar-refractivity contribution in [3.63, 3.8) is 0 Å². The first-order valence-corrected chi connectivity index (χ1v) is 7.92. The summed E-state index contributed by atoms with van der Waals surface area (Å²) in [5.74, 6) is -1.09. The van der Waals surface area contributed by atoms with E-state index < -0.39 is 11.6 Å². The lowest BCUT2D eigenvalue weighted by Gasteiger charge is -2.21. The van der Waals surface area contributed by atoms with E-state index >= 15 is 0 Å². The van der Waals surface area contributed by atoms with Gasteiger partial charge < -0.3 is 10.2 Å². The summed E-state index contributed by atoms with van der Waals surface area (Å²) in [6.45, 7) is 4.25. The number of hydrogen-bond acceptors (Lipinski definition) is 2. The molecule has 23 heavy (non-hydrogen) atoms. The molecule has 0 aromatic heterocycles. The Balaban J connectivity index is 1.85. The summed E-state index contributed by atoms with van der Waals surface area (Å²) in [4.78, 5) is 25.2. The summed E-state index contributed by atoms with van der Waals surface area (Å²) in [5, 5.41) is 2.74. The van der Waals surface area contributed by atoms with Crippen LogP contribution < -0.4 is 5.32 Å². The third kappa shape index (κ3) is 4.50. The lowest BCUT2D eigenvalue weighted by Crippen LogP contribution is -2.35. The van der Waals surface area contributed by atoms with Crippen LogP contribution in [0.1, 0.15) is 32.3 Å². The van der Waals surface area contributed by atoms with Gasteiger partial charge >= 0.3 is 0 Å². The second kappa shape index (κ2) is 7.53. The molecule has 0 spiro atoms. The quantitative estimate of drug-likeness (QED) is 0.838. The molecule has 0 unspecified atom stereocenters. The number of rotatable bonds is 7. The zero-order valence-electron chi connectivity index (χ0n) is 13.4. The highest BCUT2D eigenvalue weighted by molar-refractivity contribution is 5.82. The predicted molar refractivity (Wildman–Crippen MR) is 82.3 cm³/mol. The molecule has 0 aliphatic heterocycles. The monoisotopic (exact) mass is 324 g/mol. The van der Waals surface area contributed by atoms with Crippen LogP contribution in [0.5, 0.6) is 0 Å². The minimum atomic E-state index is -0.660. The van der Waals surface area contributed by atoms with E-state index in [-0.39, 0.29) is 42.8 Å². The number of benzene rings is 1. The first-order chi connectivity index (χ1) is 10.9. The van der Waals surface area contributed by atoms with Crippen molar-refractivity contribution in [2.45, 2.75) is 33.2 Å². The highest BCUT2D eigenvalue weighted by Crippen LogP contribution is 2.37. The van der Waals surface area contributed by atoms with E-state index in [1.165, 1.54) is 23.1 Å². The molecular formula is C17H22F2N2O2. The molecule has 1 aliphatic rings. The summed E-state index contributed by atoms with van der Waals surface area (Å²) < 4.78 is 27.3. The average Bonchev–Trinajstić information content (AvgIpc) is 3.24. The maximum Gasteiger partial charge on any atom is 0.224 e. The lowest BCUT2D eigenvalue weighted by molar-refractivity contribution is -0.131. The lowest BCUT2D eigenvalue weighted by atomic mass is 10.1. The zero-order chi connectivity index (χ0) is 17.0. The Morgan fingerprint density at radius 2 is 1.91 bits per heavy atom. The highest BCUT2D eigenvalue weighted by atomic mass is 19.1. The van der Waals surface area contributed by atoms with Crippen molar-refractivity contribution >= 4 is 11.8 Å².